The van der Waals surface area contributed by atoms with Crippen molar-refractivity contribution in [3.8, 4) is 0 Å². The molecule has 0 heterocycles. The topological polar surface area (TPSA) is 46.2 Å². The van der Waals surface area contributed by atoms with E-state index in [0.29, 0.717) is 12.1 Å². The minimum atomic E-state index is -5.11. The van der Waals surface area contributed by atoms with Gasteiger partial charge in [-0.1, -0.05) is 11.6 Å². The molecule has 0 aliphatic heterocycles. The predicted molar refractivity (Wildman–Crippen MR) is 124 cm³/mol. The fourth-order valence-corrected chi connectivity index (χ4v) is 5.62. The van der Waals surface area contributed by atoms with Crippen LogP contribution in [0.15, 0.2) is 36.4 Å². The molecule has 38 heavy (non-hydrogen) atoms. The first kappa shape index (κ1) is 28.9. The average Bonchev–Trinajstić information content (AvgIpc) is 3.34. The Bertz CT molecular complexity index is 1250. The average molecular weight is 609 g/mol. The zero-order valence-corrected chi connectivity index (χ0v) is 21.1. The third-order valence-corrected chi connectivity index (χ3v) is 7.76. The SMILES string of the molecule is O=C(CC1CC(F)(F)C1)c1cc(NC(=O)C2C(c3cc(C(F)(F)F)cc(C(F)(F)F)c3)C2(Cl)Cl)ccc1Cl. The van der Waals surface area contributed by atoms with Gasteiger partial charge in [-0.2, -0.15) is 26.3 Å². The van der Waals surface area contributed by atoms with Gasteiger partial charge in [0.1, 0.15) is 4.33 Å². The number of amides is 1. The van der Waals surface area contributed by atoms with E-state index in [4.69, 9.17) is 34.8 Å². The van der Waals surface area contributed by atoms with E-state index in [1.54, 1.807) is 0 Å². The number of ketones is 1. The summed E-state index contributed by atoms with van der Waals surface area (Å²) in [6, 6.07) is 4.60. The lowest BCUT2D eigenvalue weighted by atomic mass is 9.77. The van der Waals surface area contributed by atoms with Crippen molar-refractivity contribution in [1.82, 2.24) is 0 Å². The van der Waals surface area contributed by atoms with Crippen LogP contribution in [-0.4, -0.2) is 21.9 Å². The molecule has 2 aliphatic rings. The lowest BCUT2D eigenvalue weighted by Gasteiger charge is -2.34. The molecule has 2 saturated carbocycles. The number of benzene rings is 2. The summed E-state index contributed by atoms with van der Waals surface area (Å²) in [7, 11) is 0. The van der Waals surface area contributed by atoms with E-state index in [1.807, 2.05) is 0 Å². The molecule has 2 aromatic carbocycles. The summed E-state index contributed by atoms with van der Waals surface area (Å²) in [4.78, 5) is 25.4. The molecule has 2 aliphatic carbocycles. The maximum absolute atomic E-state index is 13.2. The third-order valence-electron chi connectivity index (χ3n) is 6.49. The van der Waals surface area contributed by atoms with Gasteiger partial charge in [0.2, 0.25) is 11.8 Å². The minimum absolute atomic E-state index is 0.00365. The molecular formula is C24H16Cl3F8NO2. The second-order valence-corrected chi connectivity index (χ2v) is 11.3. The standard InChI is InChI=1S/C24H16Cl3F8NO2/c25-16-2-1-14(7-15(16)17(37)3-10-8-21(28,29)9-10)36-20(38)19-18(22(19,26)27)11-4-12(23(30,31)32)6-13(5-11)24(33,34)35/h1-2,4-7,10,18-19H,3,8-9H2,(H,36,38). The molecule has 1 N–H and O–H groups in total. The summed E-state index contributed by atoms with van der Waals surface area (Å²) in [5.74, 6) is -7.64. The van der Waals surface area contributed by atoms with Crippen molar-refractivity contribution < 1.29 is 44.7 Å². The Morgan fingerprint density at radius 2 is 1.47 bits per heavy atom. The molecular weight excluding hydrogens is 593 g/mol. The van der Waals surface area contributed by atoms with Crippen LogP contribution in [0.25, 0.3) is 0 Å². The van der Waals surface area contributed by atoms with Crippen LogP contribution in [-0.2, 0) is 17.1 Å². The molecule has 2 unspecified atom stereocenters. The van der Waals surface area contributed by atoms with E-state index in [-0.39, 0.29) is 28.8 Å². The van der Waals surface area contributed by atoms with E-state index >= 15 is 0 Å². The molecule has 2 aromatic rings. The zero-order valence-electron chi connectivity index (χ0n) is 18.8. The highest BCUT2D eigenvalue weighted by atomic mass is 35.5. The number of hydrogen-bond donors (Lipinski definition) is 1. The molecule has 2 fully saturated rings. The highest BCUT2D eigenvalue weighted by molar-refractivity contribution is 6.53. The number of anilines is 1. The maximum Gasteiger partial charge on any atom is 0.416 e. The van der Waals surface area contributed by atoms with Crippen LogP contribution in [0, 0.1) is 11.8 Å². The van der Waals surface area contributed by atoms with Gasteiger partial charge in [0.25, 0.3) is 0 Å². The highest BCUT2D eigenvalue weighted by Gasteiger charge is 2.68. The Balaban J connectivity index is 1.54. The van der Waals surface area contributed by atoms with Crippen molar-refractivity contribution in [3.63, 3.8) is 0 Å². The molecule has 0 spiro atoms. The second kappa shape index (κ2) is 9.52. The number of nitrogens with one attached hydrogen (secondary N) is 1. The van der Waals surface area contributed by atoms with E-state index in [1.165, 1.54) is 18.2 Å². The van der Waals surface area contributed by atoms with Crippen LogP contribution in [0.1, 0.15) is 52.2 Å². The normalized spacial score (nSPS) is 22.5. The van der Waals surface area contributed by atoms with Crippen molar-refractivity contribution in [2.24, 2.45) is 11.8 Å². The van der Waals surface area contributed by atoms with Gasteiger partial charge in [0, 0.05) is 36.4 Å². The highest BCUT2D eigenvalue weighted by Crippen LogP contribution is 2.65. The van der Waals surface area contributed by atoms with E-state index in [9.17, 15) is 44.7 Å². The molecule has 0 saturated heterocycles. The fraction of sp³-hybridized carbons (Fsp3) is 0.417. The Labute approximate surface area is 225 Å². The number of carbonyl (C=O) groups excluding carboxylic acids is 2. The summed E-state index contributed by atoms with van der Waals surface area (Å²) in [6.45, 7) is 0. The van der Waals surface area contributed by atoms with Crippen LogP contribution in [0.2, 0.25) is 5.02 Å². The minimum Gasteiger partial charge on any atom is -0.326 e. The van der Waals surface area contributed by atoms with E-state index in [0.717, 1.165) is 0 Å². The quantitative estimate of drug-likeness (QED) is 0.203. The first-order chi connectivity index (χ1) is 17.3. The van der Waals surface area contributed by atoms with Gasteiger partial charge in [-0.3, -0.25) is 9.59 Å². The van der Waals surface area contributed by atoms with Crippen molar-refractivity contribution in [1.29, 1.82) is 0 Å². The van der Waals surface area contributed by atoms with Gasteiger partial charge in [-0.05, 0) is 47.9 Å². The Hall–Kier alpha value is -2.11. The van der Waals surface area contributed by atoms with Crippen LogP contribution >= 0.6 is 34.8 Å². The Morgan fingerprint density at radius 1 is 0.921 bits per heavy atom. The molecule has 206 valence electrons. The van der Waals surface area contributed by atoms with Crippen molar-refractivity contribution in [2.75, 3.05) is 5.32 Å². The second-order valence-electron chi connectivity index (χ2n) is 9.41. The first-order valence-electron chi connectivity index (χ1n) is 11.0. The summed E-state index contributed by atoms with van der Waals surface area (Å²) in [5, 5.41) is 2.38. The number of rotatable bonds is 6. The first-order valence-corrected chi connectivity index (χ1v) is 12.1. The van der Waals surface area contributed by atoms with E-state index in [2.05, 4.69) is 5.32 Å². The molecule has 1 amide bonds. The fourth-order valence-electron chi connectivity index (χ4n) is 4.56. The van der Waals surface area contributed by atoms with Gasteiger partial charge >= 0.3 is 12.4 Å². The lowest BCUT2D eigenvalue weighted by Crippen LogP contribution is -2.36. The van der Waals surface area contributed by atoms with Crippen molar-refractivity contribution in [3.05, 3.63) is 63.7 Å². The van der Waals surface area contributed by atoms with Crippen LogP contribution in [0.4, 0.5) is 40.8 Å². The summed E-state index contributed by atoms with van der Waals surface area (Å²) in [5.41, 5.74) is -3.73. The number of alkyl halides is 10. The maximum atomic E-state index is 13.2. The monoisotopic (exact) mass is 607 g/mol. The number of carbonyl (C=O) groups is 2. The number of hydrogen-bond acceptors (Lipinski definition) is 2. The molecule has 0 bridgehead atoms. The lowest BCUT2D eigenvalue weighted by molar-refractivity contribution is -0.143. The molecule has 3 nitrogen and oxygen atoms in total. The largest absolute Gasteiger partial charge is 0.416 e. The third kappa shape index (κ3) is 5.89. The number of Topliss-reactive ketones (excluding diaryl/α,β-unsaturated/α-hetero) is 1. The van der Waals surface area contributed by atoms with Gasteiger partial charge < -0.3 is 5.32 Å². The summed E-state index contributed by atoms with van der Waals surface area (Å²) in [6.07, 6.45) is -11.3. The van der Waals surface area contributed by atoms with Crippen LogP contribution in [0.3, 0.4) is 0 Å². The predicted octanol–water partition coefficient (Wildman–Crippen LogP) is 8.52. The molecule has 4 rings (SSSR count). The Kier molecular flexibility index (Phi) is 7.23. The van der Waals surface area contributed by atoms with Crippen molar-refractivity contribution >= 4 is 52.2 Å². The van der Waals surface area contributed by atoms with Crippen molar-refractivity contribution in [2.45, 2.75) is 47.8 Å². The van der Waals surface area contributed by atoms with Crippen LogP contribution in [0.5, 0.6) is 0 Å². The van der Waals surface area contributed by atoms with Gasteiger partial charge in [-0.25, -0.2) is 8.78 Å². The van der Waals surface area contributed by atoms with Crippen LogP contribution < -0.4 is 5.32 Å². The zero-order chi connectivity index (χ0) is 28.4. The van der Waals surface area contributed by atoms with Gasteiger partial charge in [-0.15, -0.1) is 23.2 Å². The number of halogens is 11. The molecule has 2 atom stereocenters. The van der Waals surface area contributed by atoms with Gasteiger partial charge in [0.05, 0.1) is 22.1 Å². The molecule has 14 heteroatoms. The smallest absolute Gasteiger partial charge is 0.326 e. The molecule has 0 aromatic heterocycles. The molecule has 0 radical (unpaired) electrons. The summed E-state index contributed by atoms with van der Waals surface area (Å²) < 4.78 is 104. The van der Waals surface area contributed by atoms with Gasteiger partial charge in [0.15, 0.2) is 5.78 Å². The summed E-state index contributed by atoms with van der Waals surface area (Å²) >= 11 is 18.3. The Morgan fingerprint density at radius 3 is 1.97 bits per heavy atom. The van der Waals surface area contributed by atoms with E-state index < -0.39 is 81.6 Å².